The summed E-state index contributed by atoms with van der Waals surface area (Å²) in [6.45, 7) is 2.30. The first kappa shape index (κ1) is 10.6. The lowest BCUT2D eigenvalue weighted by Gasteiger charge is -2.35. The highest BCUT2D eigenvalue weighted by Crippen LogP contribution is 2.10. The van der Waals surface area contributed by atoms with Crippen LogP contribution in [0.3, 0.4) is 0 Å². The molecule has 0 aliphatic carbocycles. The number of β-amino-alcohol motifs (C(OH)–C–C–N with tert-alkyl or cyclic N) is 1. The minimum Gasteiger partial charge on any atom is -0.377 e. The zero-order valence-corrected chi connectivity index (χ0v) is 8.58. The molecule has 0 bridgehead atoms. The third-order valence-electron chi connectivity index (χ3n) is 2.67. The fraction of sp³-hybridized carbons (Fsp3) is 0.455. The Kier molecular flexibility index (Phi) is 3.33. The molecule has 1 saturated heterocycles. The summed E-state index contributed by atoms with van der Waals surface area (Å²) in [6.07, 6.45) is -0.580. The molecule has 4 heteroatoms. The van der Waals surface area contributed by atoms with Crippen molar-refractivity contribution in [3.8, 4) is 0 Å². The van der Waals surface area contributed by atoms with Crippen LogP contribution in [-0.2, 0) is 6.54 Å². The molecule has 0 amide bonds. The maximum absolute atomic E-state index is 9.72. The molecule has 0 aromatic heterocycles. The van der Waals surface area contributed by atoms with E-state index in [2.05, 4.69) is 0 Å². The van der Waals surface area contributed by atoms with Crippen molar-refractivity contribution in [2.75, 3.05) is 19.6 Å². The van der Waals surface area contributed by atoms with Gasteiger partial charge < -0.3 is 10.3 Å². The van der Waals surface area contributed by atoms with E-state index >= 15 is 0 Å². The lowest BCUT2D eigenvalue weighted by Crippen LogP contribution is -2.51. The quantitative estimate of drug-likeness (QED) is 0.743. The van der Waals surface area contributed by atoms with Gasteiger partial charge in [-0.05, 0) is 5.56 Å². The normalized spacial score (nSPS) is 24.3. The van der Waals surface area contributed by atoms with Crippen LogP contribution in [0.4, 0.5) is 0 Å². The first-order valence-corrected chi connectivity index (χ1v) is 5.15. The van der Waals surface area contributed by atoms with E-state index in [4.69, 9.17) is 0 Å². The molecular weight excluding hydrogens is 192 g/mol. The highest BCUT2D eigenvalue weighted by molar-refractivity contribution is 5.14. The highest BCUT2D eigenvalue weighted by Gasteiger charge is 2.23. The van der Waals surface area contributed by atoms with E-state index in [1.54, 1.807) is 0 Å². The van der Waals surface area contributed by atoms with Gasteiger partial charge in [-0.2, -0.15) is 5.06 Å². The van der Waals surface area contributed by atoms with Crippen LogP contribution in [0.1, 0.15) is 5.56 Å². The van der Waals surface area contributed by atoms with Gasteiger partial charge in [0.25, 0.3) is 0 Å². The number of nitrogens with zero attached hydrogens (tertiary/aromatic N) is 2. The molecule has 1 aromatic carbocycles. The monoisotopic (exact) mass is 208 g/mol. The van der Waals surface area contributed by atoms with E-state index in [1.807, 2.05) is 35.2 Å². The molecule has 15 heavy (non-hydrogen) atoms. The summed E-state index contributed by atoms with van der Waals surface area (Å²) >= 11 is 0. The number of piperazine rings is 1. The SMILES string of the molecule is OC1CN(O)CCN1Cc1ccccc1. The molecule has 0 radical (unpaired) electrons. The predicted octanol–water partition coefficient (Wildman–Crippen LogP) is 0.512. The van der Waals surface area contributed by atoms with E-state index in [1.165, 1.54) is 5.56 Å². The molecule has 1 aliphatic heterocycles. The smallest absolute Gasteiger partial charge is 0.122 e. The van der Waals surface area contributed by atoms with Gasteiger partial charge in [0, 0.05) is 19.6 Å². The number of hydroxylamine groups is 2. The summed E-state index contributed by atoms with van der Waals surface area (Å²) < 4.78 is 0. The molecule has 0 saturated carbocycles. The van der Waals surface area contributed by atoms with Crippen molar-refractivity contribution in [1.29, 1.82) is 0 Å². The topological polar surface area (TPSA) is 46.9 Å². The predicted molar refractivity (Wildman–Crippen MR) is 56.2 cm³/mol. The van der Waals surface area contributed by atoms with E-state index in [0.29, 0.717) is 19.6 Å². The zero-order chi connectivity index (χ0) is 10.7. The number of aliphatic hydroxyl groups excluding tert-OH is 1. The molecule has 4 nitrogen and oxygen atoms in total. The molecule has 2 N–H and O–H groups in total. The number of aliphatic hydroxyl groups is 1. The van der Waals surface area contributed by atoms with Crippen LogP contribution in [0.25, 0.3) is 0 Å². The maximum atomic E-state index is 9.72. The second-order valence-electron chi connectivity index (χ2n) is 3.85. The first-order chi connectivity index (χ1) is 7.25. The minimum absolute atomic E-state index is 0.298. The first-order valence-electron chi connectivity index (χ1n) is 5.15. The average Bonchev–Trinajstić information content (AvgIpc) is 2.24. The van der Waals surface area contributed by atoms with Crippen LogP contribution in [-0.4, -0.2) is 46.1 Å². The summed E-state index contributed by atoms with van der Waals surface area (Å²) in [5, 5.41) is 20.1. The van der Waals surface area contributed by atoms with E-state index in [-0.39, 0.29) is 0 Å². The van der Waals surface area contributed by atoms with Crippen molar-refractivity contribution in [2.24, 2.45) is 0 Å². The summed E-state index contributed by atoms with van der Waals surface area (Å²) in [7, 11) is 0. The van der Waals surface area contributed by atoms with Gasteiger partial charge >= 0.3 is 0 Å². The molecule has 1 fully saturated rings. The number of hydrogen-bond donors (Lipinski definition) is 2. The van der Waals surface area contributed by atoms with Gasteiger partial charge in [-0.1, -0.05) is 30.3 Å². The van der Waals surface area contributed by atoms with Crippen molar-refractivity contribution in [2.45, 2.75) is 12.8 Å². The largest absolute Gasteiger partial charge is 0.377 e. The van der Waals surface area contributed by atoms with Crippen LogP contribution in [0.5, 0.6) is 0 Å². The highest BCUT2D eigenvalue weighted by atomic mass is 16.5. The molecular formula is C11H16N2O2. The van der Waals surface area contributed by atoms with Crippen molar-refractivity contribution < 1.29 is 10.3 Å². The van der Waals surface area contributed by atoms with Crippen LogP contribution >= 0.6 is 0 Å². The Morgan fingerprint density at radius 1 is 1.20 bits per heavy atom. The lowest BCUT2D eigenvalue weighted by atomic mass is 10.2. The molecule has 1 heterocycles. The average molecular weight is 208 g/mol. The standard InChI is InChI=1S/C11H16N2O2/c14-11-9-13(15)7-6-12(11)8-10-4-2-1-3-5-10/h1-5,11,14-15H,6-9H2. The van der Waals surface area contributed by atoms with E-state index in [9.17, 15) is 10.3 Å². The van der Waals surface area contributed by atoms with Crippen LogP contribution < -0.4 is 0 Å². The van der Waals surface area contributed by atoms with E-state index in [0.717, 1.165) is 11.6 Å². The molecule has 1 unspecified atom stereocenters. The fourth-order valence-corrected chi connectivity index (χ4v) is 1.79. The number of hydrogen-bond acceptors (Lipinski definition) is 4. The van der Waals surface area contributed by atoms with Gasteiger partial charge in [0.15, 0.2) is 0 Å². The fourth-order valence-electron chi connectivity index (χ4n) is 1.79. The Hall–Kier alpha value is -0.940. The Balaban J connectivity index is 1.95. The van der Waals surface area contributed by atoms with Gasteiger partial charge in [0.2, 0.25) is 0 Å². The van der Waals surface area contributed by atoms with Crippen LogP contribution in [0.2, 0.25) is 0 Å². The molecule has 0 spiro atoms. The van der Waals surface area contributed by atoms with Crippen LogP contribution in [0.15, 0.2) is 30.3 Å². The Morgan fingerprint density at radius 2 is 1.93 bits per heavy atom. The van der Waals surface area contributed by atoms with Gasteiger partial charge in [-0.15, -0.1) is 0 Å². The third-order valence-corrected chi connectivity index (χ3v) is 2.67. The third kappa shape index (κ3) is 2.76. The van der Waals surface area contributed by atoms with Crippen molar-refractivity contribution >= 4 is 0 Å². The summed E-state index contributed by atoms with van der Waals surface area (Å²) in [4.78, 5) is 1.96. The van der Waals surface area contributed by atoms with Gasteiger partial charge in [0.1, 0.15) is 6.23 Å². The van der Waals surface area contributed by atoms with Crippen molar-refractivity contribution in [3.63, 3.8) is 0 Å². The minimum atomic E-state index is -0.580. The van der Waals surface area contributed by atoms with Gasteiger partial charge in [-0.3, -0.25) is 4.90 Å². The van der Waals surface area contributed by atoms with Gasteiger partial charge in [-0.25, -0.2) is 0 Å². The number of rotatable bonds is 2. The summed E-state index contributed by atoms with van der Waals surface area (Å²) in [5.41, 5.74) is 1.18. The number of benzene rings is 1. The lowest BCUT2D eigenvalue weighted by molar-refractivity contribution is -0.176. The molecule has 82 valence electrons. The molecule has 2 rings (SSSR count). The Morgan fingerprint density at radius 3 is 2.60 bits per heavy atom. The van der Waals surface area contributed by atoms with Gasteiger partial charge in [0.05, 0.1) is 6.54 Å². The van der Waals surface area contributed by atoms with Crippen molar-refractivity contribution in [1.82, 2.24) is 9.96 Å². The second kappa shape index (κ2) is 4.72. The zero-order valence-electron chi connectivity index (χ0n) is 8.58. The van der Waals surface area contributed by atoms with Crippen LogP contribution in [0, 0.1) is 0 Å². The molecule has 1 aromatic rings. The molecule has 1 aliphatic rings. The summed E-state index contributed by atoms with van der Waals surface area (Å²) in [5.74, 6) is 0. The van der Waals surface area contributed by atoms with E-state index < -0.39 is 6.23 Å². The Labute approximate surface area is 89.3 Å². The second-order valence-corrected chi connectivity index (χ2v) is 3.85. The van der Waals surface area contributed by atoms with Crippen molar-refractivity contribution in [3.05, 3.63) is 35.9 Å². The Bertz CT molecular complexity index is 305. The summed E-state index contributed by atoms with van der Waals surface area (Å²) in [6, 6.07) is 10.0. The molecule has 1 atom stereocenters. The maximum Gasteiger partial charge on any atom is 0.122 e.